The van der Waals surface area contributed by atoms with Gasteiger partial charge < -0.3 is 15.0 Å². The summed E-state index contributed by atoms with van der Waals surface area (Å²) < 4.78 is 6.50. The number of fused-ring (bicyclic) bond motifs is 1. The molecule has 1 atom stereocenters. The number of methoxy groups -OCH3 is 1. The molecular formula is C25H24N4O4. The molecule has 2 aromatic heterocycles. The summed E-state index contributed by atoms with van der Waals surface area (Å²) in [6, 6.07) is 16.0. The van der Waals surface area contributed by atoms with Crippen LogP contribution in [0.5, 0.6) is 0 Å². The summed E-state index contributed by atoms with van der Waals surface area (Å²) in [7, 11) is 1.25. The number of Topliss-reactive ketones (excluding diaryl/α,β-unsaturated/α-hetero) is 1. The van der Waals surface area contributed by atoms with Crippen LogP contribution in [0.15, 0.2) is 60.8 Å². The van der Waals surface area contributed by atoms with E-state index < -0.39 is 23.7 Å². The molecule has 0 fully saturated rings. The van der Waals surface area contributed by atoms with Crippen molar-refractivity contribution in [2.45, 2.75) is 26.3 Å². The highest BCUT2D eigenvalue weighted by atomic mass is 16.5. The van der Waals surface area contributed by atoms with E-state index in [4.69, 9.17) is 4.74 Å². The lowest BCUT2D eigenvalue weighted by Crippen LogP contribution is -2.46. The number of para-hydroxylation sites is 2. The third kappa shape index (κ3) is 4.27. The molecule has 0 bridgehead atoms. The molecule has 2 N–H and O–H groups in total. The lowest BCUT2D eigenvalue weighted by molar-refractivity contribution is -0.144. The Morgan fingerprint density at radius 1 is 1.06 bits per heavy atom. The number of carbonyl (C=O) groups is 3. The van der Waals surface area contributed by atoms with E-state index in [0.29, 0.717) is 11.4 Å². The van der Waals surface area contributed by atoms with Crippen molar-refractivity contribution in [3.8, 4) is 5.69 Å². The zero-order valence-electron chi connectivity index (χ0n) is 18.6. The van der Waals surface area contributed by atoms with Crippen molar-refractivity contribution in [2.24, 2.45) is 0 Å². The fraction of sp³-hybridized carbons (Fsp3) is 0.200. The highest BCUT2D eigenvalue weighted by Crippen LogP contribution is 2.21. The quantitative estimate of drug-likeness (QED) is 0.259. The summed E-state index contributed by atoms with van der Waals surface area (Å²) in [5.74, 6) is -2.26. The molecule has 8 nitrogen and oxygen atoms in total. The van der Waals surface area contributed by atoms with Gasteiger partial charge in [-0.2, -0.15) is 5.10 Å². The second-order valence-corrected chi connectivity index (χ2v) is 7.74. The van der Waals surface area contributed by atoms with Crippen molar-refractivity contribution in [2.75, 3.05) is 7.11 Å². The topological polar surface area (TPSA) is 106 Å². The summed E-state index contributed by atoms with van der Waals surface area (Å²) in [5, 5.41) is 7.92. The Morgan fingerprint density at radius 2 is 1.76 bits per heavy atom. The predicted octanol–water partition coefficient (Wildman–Crippen LogP) is 3.05. The molecule has 1 amide bonds. The van der Waals surface area contributed by atoms with Crippen LogP contribution in [0.4, 0.5) is 0 Å². The van der Waals surface area contributed by atoms with Crippen LogP contribution < -0.4 is 5.32 Å². The third-order valence-corrected chi connectivity index (χ3v) is 5.62. The van der Waals surface area contributed by atoms with Crippen molar-refractivity contribution in [3.05, 3.63) is 83.3 Å². The average molecular weight is 444 g/mol. The molecule has 0 unspecified atom stereocenters. The van der Waals surface area contributed by atoms with Crippen LogP contribution in [-0.2, 0) is 20.7 Å². The second-order valence-electron chi connectivity index (χ2n) is 7.74. The van der Waals surface area contributed by atoms with Crippen LogP contribution in [0.1, 0.15) is 27.3 Å². The fourth-order valence-electron chi connectivity index (χ4n) is 3.99. The normalized spacial score (nSPS) is 11.8. The highest BCUT2D eigenvalue weighted by Gasteiger charge is 2.30. The van der Waals surface area contributed by atoms with Crippen LogP contribution in [0.3, 0.4) is 0 Å². The van der Waals surface area contributed by atoms with Gasteiger partial charge in [-0.3, -0.25) is 9.59 Å². The van der Waals surface area contributed by atoms with E-state index in [2.05, 4.69) is 15.4 Å². The minimum atomic E-state index is -1.02. The number of carbonyl (C=O) groups excluding carboxylic acids is 3. The van der Waals surface area contributed by atoms with Gasteiger partial charge in [-0.15, -0.1) is 0 Å². The number of benzene rings is 2. The smallest absolute Gasteiger partial charge is 0.328 e. The lowest BCUT2D eigenvalue weighted by Gasteiger charge is -2.16. The summed E-state index contributed by atoms with van der Waals surface area (Å²) in [5.41, 5.74) is 3.72. The van der Waals surface area contributed by atoms with Gasteiger partial charge in [-0.25, -0.2) is 9.48 Å². The van der Waals surface area contributed by atoms with Gasteiger partial charge >= 0.3 is 5.97 Å². The number of hydrogen-bond donors (Lipinski definition) is 2. The third-order valence-electron chi connectivity index (χ3n) is 5.62. The summed E-state index contributed by atoms with van der Waals surface area (Å²) in [4.78, 5) is 41.5. The molecule has 33 heavy (non-hydrogen) atoms. The average Bonchev–Trinajstić information content (AvgIpc) is 3.38. The van der Waals surface area contributed by atoms with Gasteiger partial charge in [0.05, 0.1) is 29.7 Å². The van der Waals surface area contributed by atoms with Gasteiger partial charge in [0.15, 0.2) is 0 Å². The minimum absolute atomic E-state index is 0.178. The van der Waals surface area contributed by atoms with Gasteiger partial charge in [0.1, 0.15) is 6.04 Å². The number of ether oxygens (including phenoxy) is 1. The maximum absolute atomic E-state index is 13.1. The summed E-state index contributed by atoms with van der Waals surface area (Å²) in [6.07, 6.45) is 1.96. The molecule has 8 heteroatoms. The molecule has 0 radical (unpaired) electrons. The van der Waals surface area contributed by atoms with Gasteiger partial charge in [-0.05, 0) is 37.6 Å². The number of aromatic nitrogens is 3. The van der Waals surface area contributed by atoms with Gasteiger partial charge in [-0.1, -0.05) is 36.4 Å². The van der Waals surface area contributed by atoms with E-state index in [1.165, 1.54) is 7.11 Å². The molecule has 0 aliphatic rings. The molecule has 0 aliphatic carbocycles. The molecule has 0 aliphatic heterocycles. The SMILES string of the molecule is COC(=O)[C@@H](Cc1c[nH]c2ccccc12)NC(=O)C(=O)c1c(C)nn(-c2ccccc2)c1C. The number of nitrogens with one attached hydrogen (secondary N) is 2. The number of rotatable bonds is 7. The Labute approximate surface area is 190 Å². The number of nitrogens with zero attached hydrogens (tertiary/aromatic N) is 2. The monoisotopic (exact) mass is 444 g/mol. The number of aryl methyl sites for hydroxylation is 1. The summed E-state index contributed by atoms with van der Waals surface area (Å²) >= 11 is 0. The van der Waals surface area contributed by atoms with Crippen molar-refractivity contribution >= 4 is 28.6 Å². The van der Waals surface area contributed by atoms with Gasteiger partial charge in [0.2, 0.25) is 0 Å². The Kier molecular flexibility index (Phi) is 6.08. The number of hydrogen-bond acceptors (Lipinski definition) is 5. The largest absolute Gasteiger partial charge is 0.467 e. The van der Waals surface area contributed by atoms with E-state index in [9.17, 15) is 14.4 Å². The molecule has 4 aromatic rings. The molecular weight excluding hydrogens is 420 g/mol. The van der Waals surface area contributed by atoms with E-state index in [-0.39, 0.29) is 12.0 Å². The molecule has 0 saturated heterocycles. The van der Waals surface area contributed by atoms with Gasteiger partial charge in [0, 0.05) is 23.5 Å². The first-order valence-corrected chi connectivity index (χ1v) is 10.5. The van der Waals surface area contributed by atoms with Crippen molar-refractivity contribution in [3.63, 3.8) is 0 Å². The maximum Gasteiger partial charge on any atom is 0.328 e. The molecule has 168 valence electrons. The van der Waals surface area contributed by atoms with Gasteiger partial charge in [0.25, 0.3) is 11.7 Å². The molecule has 0 saturated carbocycles. The number of esters is 1. The second kappa shape index (κ2) is 9.12. The van der Waals surface area contributed by atoms with Crippen LogP contribution in [0.25, 0.3) is 16.6 Å². The Morgan fingerprint density at radius 3 is 2.48 bits per heavy atom. The molecule has 2 heterocycles. The number of amides is 1. The van der Waals surface area contributed by atoms with Crippen molar-refractivity contribution in [1.82, 2.24) is 20.1 Å². The van der Waals surface area contributed by atoms with E-state index in [1.807, 2.05) is 54.6 Å². The number of aromatic amines is 1. The zero-order valence-corrected chi connectivity index (χ0v) is 18.6. The Hall–Kier alpha value is -4.20. The van der Waals surface area contributed by atoms with Crippen molar-refractivity contribution < 1.29 is 19.1 Å². The van der Waals surface area contributed by atoms with E-state index in [1.54, 1.807) is 24.7 Å². The number of ketones is 1. The van der Waals surface area contributed by atoms with E-state index in [0.717, 1.165) is 22.2 Å². The molecule has 0 spiro atoms. The Bertz CT molecular complexity index is 1340. The zero-order chi connectivity index (χ0) is 23.5. The van der Waals surface area contributed by atoms with Crippen LogP contribution in [0, 0.1) is 13.8 Å². The first kappa shape index (κ1) is 22.0. The van der Waals surface area contributed by atoms with Crippen LogP contribution in [0.2, 0.25) is 0 Å². The Balaban J connectivity index is 1.58. The predicted molar refractivity (Wildman–Crippen MR) is 123 cm³/mol. The number of H-pyrrole nitrogens is 1. The first-order chi connectivity index (χ1) is 15.9. The molecule has 2 aromatic carbocycles. The lowest BCUT2D eigenvalue weighted by atomic mass is 10.0. The fourth-order valence-corrected chi connectivity index (χ4v) is 3.99. The van der Waals surface area contributed by atoms with Crippen LogP contribution in [-0.4, -0.2) is 45.6 Å². The molecule has 4 rings (SSSR count). The van der Waals surface area contributed by atoms with Crippen LogP contribution >= 0.6 is 0 Å². The standard InChI is InChI=1S/C25H24N4O4/c1-15-22(16(2)29(28-15)18-9-5-4-6-10-18)23(30)24(31)27-21(25(32)33-3)13-17-14-26-20-12-8-7-11-19(17)20/h4-12,14,21,26H,13H2,1-3H3,(H,27,31)/t21-/m1/s1. The van der Waals surface area contributed by atoms with E-state index >= 15 is 0 Å². The summed E-state index contributed by atoms with van der Waals surface area (Å²) in [6.45, 7) is 3.41. The first-order valence-electron chi connectivity index (χ1n) is 10.5. The van der Waals surface area contributed by atoms with Crippen molar-refractivity contribution in [1.29, 1.82) is 0 Å². The maximum atomic E-state index is 13.1. The minimum Gasteiger partial charge on any atom is -0.467 e. The highest BCUT2D eigenvalue weighted by molar-refractivity contribution is 6.43.